The number of hydrogen-bond donors (Lipinski definition) is 2. The zero-order chi connectivity index (χ0) is 15.5. The van der Waals surface area contributed by atoms with Crippen LogP contribution in [0.3, 0.4) is 0 Å². The van der Waals surface area contributed by atoms with Crippen LogP contribution in [0.25, 0.3) is 10.9 Å². The smallest absolute Gasteiger partial charge is 0.218 e. The van der Waals surface area contributed by atoms with Crippen LogP contribution in [0.15, 0.2) is 59.8 Å². The molecule has 22 heavy (non-hydrogen) atoms. The van der Waals surface area contributed by atoms with Gasteiger partial charge in [0.05, 0.1) is 7.11 Å². The van der Waals surface area contributed by atoms with Crippen molar-refractivity contribution < 1.29 is 10.3 Å². The number of nitrogens with one attached hydrogen (secondary N) is 1. The predicted molar refractivity (Wildman–Crippen MR) is 85.2 cm³/mol. The van der Waals surface area contributed by atoms with Crippen molar-refractivity contribution in [3.05, 3.63) is 65.9 Å². The van der Waals surface area contributed by atoms with Crippen LogP contribution in [0.2, 0.25) is 0 Å². The van der Waals surface area contributed by atoms with Gasteiger partial charge in [-0.1, -0.05) is 12.1 Å². The van der Waals surface area contributed by atoms with Crippen molar-refractivity contribution in [1.82, 2.24) is 4.57 Å². The van der Waals surface area contributed by atoms with Gasteiger partial charge in [-0.3, -0.25) is 5.41 Å². The lowest BCUT2D eigenvalue weighted by molar-refractivity contribution is -0.207. The van der Waals surface area contributed by atoms with E-state index in [1.54, 1.807) is 7.11 Å². The second-order valence-corrected chi connectivity index (χ2v) is 5.05. The maximum absolute atomic E-state index is 7.67. The third kappa shape index (κ3) is 2.61. The summed E-state index contributed by atoms with van der Waals surface area (Å²) in [7, 11) is 1.67. The topological polar surface area (TPSA) is 76.0 Å². The summed E-state index contributed by atoms with van der Waals surface area (Å²) in [6.07, 6.45) is 2.04. The Balaban J connectivity index is 1.94. The number of nitrogens with two attached hydrogens (primary N) is 1. The molecule has 0 bridgehead atoms. The van der Waals surface area contributed by atoms with Gasteiger partial charge >= 0.3 is 0 Å². The van der Waals surface area contributed by atoms with E-state index in [1.165, 1.54) is 5.56 Å². The summed E-state index contributed by atoms with van der Waals surface area (Å²) < 4.78 is 7.42. The minimum absolute atomic E-state index is 0.0856. The zero-order valence-corrected chi connectivity index (χ0v) is 12.3. The van der Waals surface area contributed by atoms with Gasteiger partial charge in [-0.05, 0) is 42.0 Å². The van der Waals surface area contributed by atoms with Crippen molar-refractivity contribution in [1.29, 1.82) is 5.41 Å². The maximum atomic E-state index is 7.67. The van der Waals surface area contributed by atoms with Gasteiger partial charge in [-0.15, -0.1) is 0 Å². The Morgan fingerprint density at radius 2 is 2.09 bits per heavy atom. The molecule has 0 fully saturated rings. The molecule has 0 saturated heterocycles. The molecule has 0 unspecified atom stereocenters. The van der Waals surface area contributed by atoms with Crippen molar-refractivity contribution in [3.63, 3.8) is 0 Å². The highest BCUT2D eigenvalue weighted by molar-refractivity contribution is 5.99. The minimum atomic E-state index is 0.0856. The Hall–Kier alpha value is -2.95. The molecule has 0 amide bonds. The Morgan fingerprint density at radius 3 is 2.86 bits per heavy atom. The second kappa shape index (κ2) is 5.81. The van der Waals surface area contributed by atoms with Crippen LogP contribution in [-0.2, 0) is 6.54 Å². The Morgan fingerprint density at radius 1 is 1.23 bits per heavy atom. The lowest BCUT2D eigenvalue weighted by Gasteiger charge is -2.08. The van der Waals surface area contributed by atoms with E-state index in [4.69, 9.17) is 15.7 Å². The molecule has 0 aliphatic carbocycles. The van der Waals surface area contributed by atoms with E-state index in [1.807, 2.05) is 48.7 Å². The number of methoxy groups -OCH3 is 1. The van der Waals surface area contributed by atoms with E-state index in [0.717, 1.165) is 23.2 Å². The molecule has 0 aliphatic rings. The molecule has 0 aliphatic heterocycles. The van der Waals surface area contributed by atoms with Gasteiger partial charge in [0.2, 0.25) is 5.84 Å². The monoisotopic (exact) mass is 293 g/mol. The van der Waals surface area contributed by atoms with Crippen LogP contribution in [0.1, 0.15) is 11.1 Å². The fourth-order valence-corrected chi connectivity index (χ4v) is 2.53. The molecule has 1 aromatic heterocycles. The molecule has 3 aromatic rings. The normalized spacial score (nSPS) is 10.6. The predicted octanol–water partition coefficient (Wildman–Crippen LogP) is 2.23. The SMILES string of the molecule is COc1cccc(Cn2ccc3cc(C(=N)N=[NH2+])ccc32)c1. The summed E-state index contributed by atoms with van der Waals surface area (Å²) in [6, 6.07) is 15.8. The lowest BCUT2D eigenvalue weighted by atomic mass is 10.1. The molecular weight excluding hydrogens is 276 g/mol. The fraction of sp³-hybridized carbons (Fsp3) is 0.118. The highest BCUT2D eigenvalue weighted by Gasteiger charge is 2.07. The molecular formula is C17H17N4O+. The highest BCUT2D eigenvalue weighted by atomic mass is 16.5. The Bertz CT molecular complexity index is 851. The first-order chi connectivity index (χ1) is 10.7. The first-order valence-electron chi connectivity index (χ1n) is 6.93. The summed E-state index contributed by atoms with van der Waals surface area (Å²) in [5.74, 6) is 0.941. The van der Waals surface area contributed by atoms with Crippen molar-refractivity contribution in [2.45, 2.75) is 6.54 Å². The van der Waals surface area contributed by atoms with Gasteiger partial charge in [0.1, 0.15) is 5.75 Å². The number of benzene rings is 2. The van der Waals surface area contributed by atoms with Gasteiger partial charge in [-0.25, -0.2) is 0 Å². The van der Waals surface area contributed by atoms with E-state index in [2.05, 4.69) is 15.7 Å². The summed E-state index contributed by atoms with van der Waals surface area (Å²) >= 11 is 0. The number of amidine groups is 1. The number of ether oxygens (including phenoxy) is 1. The molecule has 3 rings (SSSR count). The summed E-state index contributed by atoms with van der Waals surface area (Å²) in [6.45, 7) is 0.763. The second-order valence-electron chi connectivity index (χ2n) is 5.05. The third-order valence-corrected chi connectivity index (χ3v) is 3.66. The van der Waals surface area contributed by atoms with Crippen molar-refractivity contribution in [3.8, 4) is 5.75 Å². The van der Waals surface area contributed by atoms with Gasteiger partial charge in [0.15, 0.2) is 0 Å². The van der Waals surface area contributed by atoms with Gasteiger partial charge in [0.25, 0.3) is 0 Å². The largest absolute Gasteiger partial charge is 0.497 e. The van der Waals surface area contributed by atoms with E-state index in [9.17, 15) is 0 Å². The van der Waals surface area contributed by atoms with Crippen LogP contribution >= 0.6 is 0 Å². The molecule has 0 atom stereocenters. The maximum Gasteiger partial charge on any atom is 0.218 e. The quantitative estimate of drug-likeness (QED) is 0.432. The average Bonchev–Trinajstić information content (AvgIpc) is 2.96. The first-order valence-corrected chi connectivity index (χ1v) is 6.93. The number of nitrogens with zero attached hydrogens (tertiary/aromatic N) is 2. The lowest BCUT2D eigenvalue weighted by Crippen LogP contribution is -2.26. The molecule has 0 saturated carbocycles. The molecule has 5 nitrogen and oxygen atoms in total. The molecule has 3 N–H and O–H groups in total. The number of rotatable bonds is 4. The van der Waals surface area contributed by atoms with Crippen molar-refractivity contribution in [2.75, 3.05) is 7.11 Å². The molecule has 0 spiro atoms. The number of fused-ring (bicyclic) bond motifs is 1. The van der Waals surface area contributed by atoms with E-state index >= 15 is 0 Å². The molecule has 0 radical (unpaired) electrons. The van der Waals surface area contributed by atoms with Crippen LogP contribution in [0, 0.1) is 5.41 Å². The third-order valence-electron chi connectivity index (χ3n) is 3.66. The minimum Gasteiger partial charge on any atom is -0.497 e. The number of aromatic nitrogens is 1. The zero-order valence-electron chi connectivity index (χ0n) is 12.3. The molecule has 110 valence electrons. The average molecular weight is 293 g/mol. The van der Waals surface area contributed by atoms with Crippen LogP contribution < -0.4 is 10.3 Å². The van der Waals surface area contributed by atoms with E-state index in [-0.39, 0.29) is 5.84 Å². The molecule has 2 aromatic carbocycles. The van der Waals surface area contributed by atoms with Crippen molar-refractivity contribution in [2.24, 2.45) is 5.11 Å². The molecule has 5 heteroatoms. The standard InChI is InChI=1S/C17H16N4O/c1-22-15-4-2-3-12(9-15)11-21-8-7-13-10-14(17(18)20-19)5-6-16(13)21/h2-10,18-19H,11H2,1H3/p+1. The van der Waals surface area contributed by atoms with Gasteiger partial charge in [-0.2, -0.15) is 5.53 Å². The first kappa shape index (κ1) is 14.0. The number of hydrogen-bond acceptors (Lipinski definition) is 2. The Labute approximate surface area is 128 Å². The van der Waals surface area contributed by atoms with Crippen LogP contribution in [0.5, 0.6) is 5.75 Å². The van der Waals surface area contributed by atoms with Crippen LogP contribution in [0.4, 0.5) is 0 Å². The van der Waals surface area contributed by atoms with Gasteiger partial charge in [0, 0.05) is 34.3 Å². The summed E-state index contributed by atoms with van der Waals surface area (Å²) in [5, 5.41) is 12.2. The van der Waals surface area contributed by atoms with E-state index in [0.29, 0.717) is 5.56 Å². The van der Waals surface area contributed by atoms with Gasteiger partial charge < -0.3 is 9.30 Å². The van der Waals surface area contributed by atoms with Crippen molar-refractivity contribution >= 4 is 16.7 Å². The summed E-state index contributed by atoms with van der Waals surface area (Å²) in [4.78, 5) is 0. The fourth-order valence-electron chi connectivity index (χ4n) is 2.53. The van der Waals surface area contributed by atoms with Crippen LogP contribution in [-0.4, -0.2) is 17.5 Å². The summed E-state index contributed by atoms with van der Waals surface area (Å²) in [5.41, 5.74) is 8.16. The highest BCUT2D eigenvalue weighted by Crippen LogP contribution is 2.21. The Kier molecular flexibility index (Phi) is 3.70. The molecule has 1 heterocycles. The van der Waals surface area contributed by atoms with E-state index < -0.39 is 0 Å².